The smallest absolute Gasteiger partial charge is 0.262 e. The summed E-state index contributed by atoms with van der Waals surface area (Å²) in [4.78, 5) is 24.1. The van der Waals surface area contributed by atoms with Crippen LogP contribution in [0.25, 0.3) is 0 Å². The van der Waals surface area contributed by atoms with Crippen LogP contribution < -0.4 is 15.4 Å². The van der Waals surface area contributed by atoms with Gasteiger partial charge in [0.05, 0.1) is 5.69 Å². The molecule has 2 amide bonds. The SMILES string of the molecule is O=C(COc1ccc(C(=O)Nc2ccc(Cl)cc2)cc1)Nc1ccccc1F. The molecule has 7 heteroatoms. The predicted molar refractivity (Wildman–Crippen MR) is 106 cm³/mol. The quantitative estimate of drug-likeness (QED) is 0.629. The summed E-state index contributed by atoms with van der Waals surface area (Å²) in [6.07, 6.45) is 0. The van der Waals surface area contributed by atoms with Gasteiger partial charge in [-0.25, -0.2) is 4.39 Å². The van der Waals surface area contributed by atoms with E-state index in [2.05, 4.69) is 10.6 Å². The van der Waals surface area contributed by atoms with E-state index in [1.807, 2.05) is 0 Å². The molecule has 0 heterocycles. The van der Waals surface area contributed by atoms with Crippen LogP contribution in [-0.2, 0) is 4.79 Å². The van der Waals surface area contributed by atoms with Crippen LogP contribution in [-0.4, -0.2) is 18.4 Å². The summed E-state index contributed by atoms with van der Waals surface area (Å²) in [5.41, 5.74) is 1.14. The lowest BCUT2D eigenvalue weighted by Gasteiger charge is -2.09. The molecule has 0 aromatic heterocycles. The molecule has 3 aromatic carbocycles. The molecular formula is C21H16ClFN2O3. The molecule has 0 aliphatic heterocycles. The van der Waals surface area contributed by atoms with E-state index in [1.54, 1.807) is 54.6 Å². The topological polar surface area (TPSA) is 67.4 Å². The first-order chi connectivity index (χ1) is 13.5. The van der Waals surface area contributed by atoms with E-state index in [4.69, 9.17) is 16.3 Å². The Hall–Kier alpha value is -3.38. The zero-order valence-electron chi connectivity index (χ0n) is 14.6. The molecule has 142 valence electrons. The van der Waals surface area contributed by atoms with Crippen LogP contribution in [0.4, 0.5) is 15.8 Å². The largest absolute Gasteiger partial charge is 0.484 e. The number of benzene rings is 3. The minimum absolute atomic E-state index is 0.0883. The molecule has 2 N–H and O–H groups in total. The van der Waals surface area contributed by atoms with Gasteiger partial charge in [-0.3, -0.25) is 9.59 Å². The average molecular weight is 399 g/mol. The summed E-state index contributed by atoms with van der Waals surface area (Å²) >= 11 is 5.81. The lowest BCUT2D eigenvalue weighted by atomic mass is 10.2. The standard InChI is InChI=1S/C21H16ClFN2O3/c22-15-7-9-16(10-8-15)24-21(27)14-5-11-17(12-6-14)28-13-20(26)25-19-4-2-1-3-18(19)23/h1-12H,13H2,(H,24,27)(H,25,26). The second kappa shape index (κ2) is 9.01. The van der Waals surface area contributed by atoms with Crippen LogP contribution in [0.1, 0.15) is 10.4 Å². The number of carbonyl (C=O) groups excluding carboxylic acids is 2. The summed E-state index contributed by atoms with van der Waals surface area (Å²) in [7, 11) is 0. The van der Waals surface area contributed by atoms with Gasteiger partial charge in [0, 0.05) is 16.3 Å². The number of halogens is 2. The van der Waals surface area contributed by atoms with E-state index in [-0.39, 0.29) is 18.2 Å². The monoisotopic (exact) mass is 398 g/mol. The first-order valence-electron chi connectivity index (χ1n) is 8.35. The fourth-order valence-electron chi connectivity index (χ4n) is 2.34. The first kappa shape index (κ1) is 19.4. The van der Waals surface area contributed by atoms with Crippen LogP contribution in [0.3, 0.4) is 0 Å². The molecule has 0 spiro atoms. The number of hydrogen-bond donors (Lipinski definition) is 2. The zero-order chi connectivity index (χ0) is 19.9. The van der Waals surface area contributed by atoms with Crippen molar-refractivity contribution >= 4 is 34.8 Å². The van der Waals surface area contributed by atoms with Crippen molar-refractivity contribution in [3.63, 3.8) is 0 Å². The van der Waals surface area contributed by atoms with Gasteiger partial charge < -0.3 is 15.4 Å². The molecule has 3 rings (SSSR count). The number of rotatable bonds is 6. The molecule has 0 fully saturated rings. The van der Waals surface area contributed by atoms with Crippen LogP contribution in [0, 0.1) is 5.82 Å². The molecule has 0 aliphatic carbocycles. The lowest BCUT2D eigenvalue weighted by Crippen LogP contribution is -2.20. The Balaban J connectivity index is 1.52. The average Bonchev–Trinajstić information content (AvgIpc) is 2.70. The van der Waals surface area contributed by atoms with Gasteiger partial charge >= 0.3 is 0 Å². The minimum atomic E-state index is -0.521. The predicted octanol–water partition coefficient (Wildman–Crippen LogP) is 4.75. The van der Waals surface area contributed by atoms with E-state index < -0.39 is 11.7 Å². The third-order valence-electron chi connectivity index (χ3n) is 3.74. The van der Waals surface area contributed by atoms with Crippen LogP contribution >= 0.6 is 11.6 Å². The summed E-state index contributed by atoms with van der Waals surface area (Å²) in [6.45, 7) is -0.287. The Bertz CT molecular complexity index is 976. The van der Waals surface area contributed by atoms with Gasteiger partial charge in [-0.15, -0.1) is 0 Å². The van der Waals surface area contributed by atoms with Crippen LogP contribution in [0.5, 0.6) is 5.75 Å². The maximum absolute atomic E-state index is 13.5. The van der Waals surface area contributed by atoms with Gasteiger partial charge in [-0.1, -0.05) is 23.7 Å². The Kier molecular flexibility index (Phi) is 6.24. The first-order valence-corrected chi connectivity index (χ1v) is 8.73. The van der Waals surface area contributed by atoms with Crippen LogP contribution in [0.2, 0.25) is 5.02 Å². The third-order valence-corrected chi connectivity index (χ3v) is 3.99. The van der Waals surface area contributed by atoms with Crippen molar-refractivity contribution in [3.05, 3.63) is 89.2 Å². The van der Waals surface area contributed by atoms with Gasteiger partial charge in [0.15, 0.2) is 6.61 Å². The Morgan fingerprint density at radius 3 is 2.25 bits per heavy atom. The molecule has 3 aromatic rings. The van der Waals surface area contributed by atoms with Crippen molar-refractivity contribution < 1.29 is 18.7 Å². The number of nitrogens with one attached hydrogen (secondary N) is 2. The van der Waals surface area contributed by atoms with Crippen molar-refractivity contribution in [3.8, 4) is 5.75 Å². The maximum Gasteiger partial charge on any atom is 0.262 e. The number of anilines is 2. The molecule has 0 saturated carbocycles. The van der Waals surface area contributed by atoms with E-state index in [1.165, 1.54) is 18.2 Å². The molecule has 0 bridgehead atoms. The highest BCUT2D eigenvalue weighted by molar-refractivity contribution is 6.30. The second-order valence-electron chi connectivity index (χ2n) is 5.80. The van der Waals surface area contributed by atoms with Crippen molar-refractivity contribution in [2.75, 3.05) is 17.2 Å². The summed E-state index contributed by atoms with van der Waals surface area (Å²) in [6, 6.07) is 18.9. The van der Waals surface area contributed by atoms with Crippen molar-refractivity contribution in [1.82, 2.24) is 0 Å². The second-order valence-corrected chi connectivity index (χ2v) is 6.24. The number of para-hydroxylation sites is 1. The van der Waals surface area contributed by atoms with Gasteiger partial charge in [0.25, 0.3) is 11.8 Å². The molecule has 0 atom stereocenters. The van der Waals surface area contributed by atoms with Crippen LogP contribution in [0.15, 0.2) is 72.8 Å². The Morgan fingerprint density at radius 1 is 0.893 bits per heavy atom. The van der Waals surface area contributed by atoms with Crippen molar-refractivity contribution in [1.29, 1.82) is 0 Å². The Labute approximate surface area is 166 Å². The normalized spacial score (nSPS) is 10.2. The fraction of sp³-hybridized carbons (Fsp3) is 0.0476. The van der Waals surface area contributed by atoms with E-state index in [0.717, 1.165) is 0 Å². The zero-order valence-corrected chi connectivity index (χ0v) is 15.4. The highest BCUT2D eigenvalue weighted by Gasteiger charge is 2.09. The highest BCUT2D eigenvalue weighted by Crippen LogP contribution is 2.17. The van der Waals surface area contributed by atoms with E-state index in [9.17, 15) is 14.0 Å². The third kappa shape index (κ3) is 5.31. The molecule has 0 unspecified atom stereocenters. The summed E-state index contributed by atoms with van der Waals surface area (Å²) in [5.74, 6) is -0.889. The van der Waals surface area contributed by atoms with E-state index >= 15 is 0 Å². The number of hydrogen-bond acceptors (Lipinski definition) is 3. The van der Waals surface area contributed by atoms with Gasteiger partial charge in [-0.2, -0.15) is 0 Å². The number of amides is 2. The van der Waals surface area contributed by atoms with E-state index in [0.29, 0.717) is 22.0 Å². The summed E-state index contributed by atoms with van der Waals surface area (Å²) in [5, 5.41) is 5.76. The maximum atomic E-state index is 13.5. The minimum Gasteiger partial charge on any atom is -0.484 e. The molecule has 0 saturated heterocycles. The van der Waals surface area contributed by atoms with Gasteiger partial charge in [-0.05, 0) is 60.7 Å². The summed E-state index contributed by atoms with van der Waals surface area (Å²) < 4.78 is 18.9. The fourth-order valence-corrected chi connectivity index (χ4v) is 2.46. The van der Waals surface area contributed by atoms with Crippen molar-refractivity contribution in [2.45, 2.75) is 0 Å². The molecule has 0 radical (unpaired) electrons. The molecular weight excluding hydrogens is 383 g/mol. The van der Waals surface area contributed by atoms with Gasteiger partial charge in [0.2, 0.25) is 0 Å². The molecule has 5 nitrogen and oxygen atoms in total. The van der Waals surface area contributed by atoms with Crippen molar-refractivity contribution in [2.24, 2.45) is 0 Å². The number of ether oxygens (including phenoxy) is 1. The number of carbonyl (C=O) groups is 2. The highest BCUT2D eigenvalue weighted by atomic mass is 35.5. The Morgan fingerprint density at radius 2 is 1.57 bits per heavy atom. The molecule has 28 heavy (non-hydrogen) atoms. The lowest BCUT2D eigenvalue weighted by molar-refractivity contribution is -0.118. The molecule has 0 aliphatic rings. The van der Waals surface area contributed by atoms with Gasteiger partial charge in [0.1, 0.15) is 11.6 Å².